The zero-order chi connectivity index (χ0) is 14.6. The summed E-state index contributed by atoms with van der Waals surface area (Å²) in [5.74, 6) is 9.63. The summed E-state index contributed by atoms with van der Waals surface area (Å²) in [6.45, 7) is 0. The highest BCUT2D eigenvalue weighted by Gasteiger charge is 2.10. The number of esters is 2. The quantitative estimate of drug-likeness (QED) is 0.0863. The molecule has 10 heteroatoms. The van der Waals surface area contributed by atoms with Gasteiger partial charge in [0.1, 0.15) is 0 Å². The average Bonchev–Trinajstić information content (AvgIpc) is 2.73. The molecule has 0 atom stereocenters. The zero-order valence-electron chi connectivity index (χ0n) is 9.03. The molecule has 1 rings (SSSR count). The second-order valence-electron chi connectivity index (χ2n) is 2.25. The molecule has 0 saturated heterocycles. The molecule has 10 nitrogen and oxygen atoms in total. The molecule has 18 heavy (non-hydrogen) atoms. The maximum atomic E-state index is 10.1. The number of carbonyl (C=O) groups is 4. The Morgan fingerprint density at radius 2 is 1.61 bits per heavy atom. The fourth-order valence-electron chi connectivity index (χ4n) is 0.498. The van der Waals surface area contributed by atoms with Gasteiger partial charge in [-0.2, -0.15) is 0 Å². The van der Waals surface area contributed by atoms with Crippen molar-refractivity contribution in [2.75, 3.05) is 0 Å². The molecule has 0 aromatic rings. The van der Waals surface area contributed by atoms with E-state index in [2.05, 4.69) is 22.3 Å². The molecule has 0 spiro atoms. The molecule has 0 aliphatic carbocycles. The molecule has 0 aromatic heterocycles. The summed E-state index contributed by atoms with van der Waals surface area (Å²) in [6.07, 6.45) is 3.69. The van der Waals surface area contributed by atoms with Gasteiger partial charge in [-0.15, -0.1) is 0 Å². The van der Waals surface area contributed by atoms with Gasteiger partial charge in [-0.25, -0.2) is 20.2 Å². The third kappa shape index (κ3) is 11.5. The Hall–Kier alpha value is -2.56. The highest BCUT2D eigenvalue weighted by molar-refractivity contribution is 6.04. The molecule has 0 unspecified atom stereocenters. The molecule has 0 saturated carbocycles. The van der Waals surface area contributed by atoms with Crippen LogP contribution >= 0.6 is 0 Å². The molecule has 8 N–H and O–H groups in total. The number of nitrogens with one attached hydrogen (secondary N) is 1. The summed E-state index contributed by atoms with van der Waals surface area (Å²) in [4.78, 5) is 39.7. The normalized spacial score (nSPS) is 11.9. The molecule has 0 bridgehead atoms. The van der Waals surface area contributed by atoms with Crippen molar-refractivity contribution in [3.8, 4) is 0 Å². The average molecular weight is 260 g/mol. The van der Waals surface area contributed by atoms with Crippen LogP contribution in [0.4, 0.5) is 0 Å². The maximum absolute atomic E-state index is 10.1. The van der Waals surface area contributed by atoms with E-state index in [1.807, 2.05) is 0 Å². The summed E-state index contributed by atoms with van der Waals surface area (Å²) in [7, 11) is 0. The van der Waals surface area contributed by atoms with E-state index >= 15 is 0 Å². The number of hydrazine groups is 2. The lowest BCUT2D eigenvalue weighted by atomic mass is 10.5. The summed E-state index contributed by atoms with van der Waals surface area (Å²) >= 11 is 0. The number of carboxylic acids is 1. The number of aliphatic carboxylic acids is 1. The highest BCUT2D eigenvalue weighted by atomic mass is 16.6. The van der Waals surface area contributed by atoms with Crippen molar-refractivity contribution in [3.05, 3.63) is 24.3 Å². The van der Waals surface area contributed by atoms with Crippen LogP contribution in [0.25, 0.3) is 0 Å². The first-order valence-electron chi connectivity index (χ1n) is 4.14. The molecular formula is C8H12N4O6. The van der Waals surface area contributed by atoms with Gasteiger partial charge in [0.25, 0.3) is 5.91 Å². The van der Waals surface area contributed by atoms with Crippen LogP contribution in [0.5, 0.6) is 0 Å². The first-order valence-corrected chi connectivity index (χ1v) is 4.14. The molecule has 0 radical (unpaired) electrons. The smallest absolute Gasteiger partial charge is 0.338 e. The molecule has 0 aromatic carbocycles. The number of carboxylic acid groups (broad SMARTS) is 1. The van der Waals surface area contributed by atoms with E-state index in [1.54, 1.807) is 5.43 Å². The van der Waals surface area contributed by atoms with E-state index in [1.165, 1.54) is 0 Å². The third-order valence-electron chi connectivity index (χ3n) is 1.08. The van der Waals surface area contributed by atoms with E-state index in [4.69, 9.17) is 5.11 Å². The van der Waals surface area contributed by atoms with E-state index in [9.17, 15) is 19.2 Å². The van der Waals surface area contributed by atoms with Crippen molar-refractivity contribution in [3.63, 3.8) is 0 Å². The number of hydrogen-bond acceptors (Lipinski definition) is 8. The molecule has 1 aliphatic heterocycles. The molecule has 1 aliphatic rings. The van der Waals surface area contributed by atoms with Crippen LogP contribution in [0, 0.1) is 0 Å². The van der Waals surface area contributed by atoms with Crippen molar-refractivity contribution < 1.29 is 29.0 Å². The van der Waals surface area contributed by atoms with E-state index in [0.29, 0.717) is 6.08 Å². The minimum absolute atomic E-state index is 0.579. The minimum Gasteiger partial charge on any atom is -0.478 e. The Balaban J connectivity index is 0. The summed E-state index contributed by atoms with van der Waals surface area (Å²) in [6, 6.07) is 0. The Labute approximate surface area is 101 Å². The number of amides is 1. The number of cyclic esters (lactones) is 2. The SMILES string of the molecule is NN.NNC(=O)/C=C\C(=O)O.O=C1C=CC(=O)O1. The van der Waals surface area contributed by atoms with Gasteiger partial charge in [-0.1, -0.05) is 0 Å². The van der Waals surface area contributed by atoms with Crippen molar-refractivity contribution in [1.82, 2.24) is 5.43 Å². The molecule has 100 valence electrons. The lowest BCUT2D eigenvalue weighted by Crippen LogP contribution is -2.28. The van der Waals surface area contributed by atoms with Gasteiger partial charge in [0.05, 0.1) is 0 Å². The standard InChI is InChI=1S/C4H6N2O3.C4H2O3.H4N2/c5-6-3(7)1-2-4(8)9;5-3-1-2-4(6)7-3;1-2/h1-2H,5H2,(H,6,7)(H,8,9);1-2H;1-2H2/b2-1-;;. The maximum Gasteiger partial charge on any atom is 0.338 e. The number of carbonyl (C=O) groups excluding carboxylic acids is 3. The largest absolute Gasteiger partial charge is 0.478 e. The Morgan fingerprint density at radius 3 is 1.83 bits per heavy atom. The van der Waals surface area contributed by atoms with Gasteiger partial charge in [0, 0.05) is 24.3 Å². The second-order valence-corrected chi connectivity index (χ2v) is 2.25. The van der Waals surface area contributed by atoms with Crippen molar-refractivity contribution in [2.45, 2.75) is 0 Å². The molecular weight excluding hydrogens is 248 g/mol. The van der Waals surface area contributed by atoms with Crippen LogP contribution in [0.2, 0.25) is 0 Å². The van der Waals surface area contributed by atoms with E-state index in [0.717, 1.165) is 18.2 Å². The lowest BCUT2D eigenvalue weighted by Gasteiger charge is -1.85. The molecule has 1 amide bonds. The zero-order valence-corrected chi connectivity index (χ0v) is 9.03. The van der Waals surface area contributed by atoms with Gasteiger partial charge >= 0.3 is 17.9 Å². The van der Waals surface area contributed by atoms with Gasteiger partial charge in [0.15, 0.2) is 0 Å². The van der Waals surface area contributed by atoms with Gasteiger partial charge in [-0.3, -0.25) is 21.9 Å². The molecule has 1 heterocycles. The highest BCUT2D eigenvalue weighted by Crippen LogP contribution is 1.92. The van der Waals surface area contributed by atoms with Crippen molar-refractivity contribution in [2.24, 2.45) is 17.5 Å². The summed E-state index contributed by atoms with van der Waals surface area (Å²) in [5, 5.41) is 7.95. The van der Waals surface area contributed by atoms with Gasteiger partial charge in [0.2, 0.25) is 0 Å². The van der Waals surface area contributed by atoms with E-state index < -0.39 is 23.8 Å². The number of rotatable bonds is 2. The summed E-state index contributed by atoms with van der Waals surface area (Å²) in [5.41, 5.74) is 1.73. The fourth-order valence-corrected chi connectivity index (χ4v) is 0.498. The Bertz CT molecular complexity index is 360. The topological polar surface area (TPSA) is 188 Å². The Kier molecular flexibility index (Phi) is 10.8. The fraction of sp³-hybridized carbons (Fsp3) is 0. The lowest BCUT2D eigenvalue weighted by molar-refractivity contribution is -0.150. The Morgan fingerprint density at radius 1 is 1.17 bits per heavy atom. The van der Waals surface area contributed by atoms with Crippen molar-refractivity contribution >= 4 is 23.8 Å². The van der Waals surface area contributed by atoms with Crippen LogP contribution in [0.1, 0.15) is 0 Å². The predicted molar refractivity (Wildman–Crippen MR) is 57.7 cm³/mol. The molecule has 0 fully saturated rings. The number of hydrogen-bond donors (Lipinski definition) is 5. The van der Waals surface area contributed by atoms with Gasteiger partial charge in [-0.05, 0) is 0 Å². The first kappa shape index (κ1) is 17.8. The monoisotopic (exact) mass is 260 g/mol. The van der Waals surface area contributed by atoms with Crippen LogP contribution in [0.3, 0.4) is 0 Å². The van der Waals surface area contributed by atoms with Gasteiger partial charge < -0.3 is 9.84 Å². The van der Waals surface area contributed by atoms with Crippen LogP contribution in [0.15, 0.2) is 24.3 Å². The number of nitrogens with two attached hydrogens (primary N) is 3. The van der Waals surface area contributed by atoms with Crippen LogP contribution in [-0.2, 0) is 23.9 Å². The van der Waals surface area contributed by atoms with Crippen LogP contribution in [-0.4, -0.2) is 28.9 Å². The van der Waals surface area contributed by atoms with Crippen molar-refractivity contribution in [1.29, 1.82) is 0 Å². The number of ether oxygens (including phenoxy) is 1. The first-order chi connectivity index (χ1) is 8.45. The third-order valence-corrected chi connectivity index (χ3v) is 1.08. The van der Waals surface area contributed by atoms with Crippen LogP contribution < -0.4 is 23.0 Å². The minimum atomic E-state index is -1.18. The summed E-state index contributed by atoms with van der Waals surface area (Å²) < 4.78 is 3.97. The van der Waals surface area contributed by atoms with E-state index in [-0.39, 0.29) is 0 Å². The second kappa shape index (κ2) is 10.9. The predicted octanol–water partition coefficient (Wildman–Crippen LogP) is -2.94.